The van der Waals surface area contributed by atoms with Crippen LogP contribution >= 0.6 is 0 Å². The summed E-state index contributed by atoms with van der Waals surface area (Å²) in [6.07, 6.45) is 10.4. The molecule has 1 atom stereocenters. The topological polar surface area (TPSA) is 54.5 Å². The lowest BCUT2D eigenvalue weighted by atomic mass is 9.96. The van der Waals surface area contributed by atoms with E-state index in [0.717, 1.165) is 49.9 Å². The number of amides is 2. The van der Waals surface area contributed by atoms with Gasteiger partial charge in [-0.15, -0.1) is 0 Å². The summed E-state index contributed by atoms with van der Waals surface area (Å²) in [5, 5.41) is 3.03. The molecule has 1 unspecified atom stereocenters. The van der Waals surface area contributed by atoms with Gasteiger partial charge < -0.3 is 15.0 Å². The number of nitrogens with one attached hydrogen (secondary N) is 1. The minimum atomic E-state index is 0.0474. The molecule has 0 bridgehead atoms. The summed E-state index contributed by atoms with van der Waals surface area (Å²) in [5.74, 6) is 2.19. The van der Waals surface area contributed by atoms with Crippen molar-refractivity contribution in [1.29, 1.82) is 0 Å². The predicted octanol–water partition coefficient (Wildman–Crippen LogP) is 3.98. The first-order valence-corrected chi connectivity index (χ1v) is 9.85. The van der Waals surface area contributed by atoms with Gasteiger partial charge >= 0.3 is 6.03 Å². The fourth-order valence-electron chi connectivity index (χ4n) is 3.44. The van der Waals surface area contributed by atoms with Crippen LogP contribution in [-0.2, 0) is 6.54 Å². The molecular formula is C20H31N3O2. The monoisotopic (exact) mass is 345 g/mol. The molecule has 1 aliphatic heterocycles. The lowest BCUT2D eigenvalue weighted by molar-refractivity contribution is 0.198. The highest BCUT2D eigenvalue weighted by molar-refractivity contribution is 5.74. The Bertz CT molecular complexity index is 542. The lowest BCUT2D eigenvalue weighted by Crippen LogP contribution is -2.40. The van der Waals surface area contributed by atoms with Gasteiger partial charge in [-0.25, -0.2) is 9.78 Å². The number of rotatable bonds is 7. The van der Waals surface area contributed by atoms with Crippen LogP contribution in [0.5, 0.6) is 5.88 Å². The van der Waals surface area contributed by atoms with E-state index in [-0.39, 0.29) is 6.03 Å². The molecule has 2 fully saturated rings. The van der Waals surface area contributed by atoms with Crippen LogP contribution in [0.2, 0.25) is 0 Å². The third-order valence-electron chi connectivity index (χ3n) is 5.24. The second-order valence-electron chi connectivity index (χ2n) is 7.49. The average Bonchev–Trinajstić information content (AvgIpc) is 3.46. The number of carbonyl (C=O) groups is 1. The van der Waals surface area contributed by atoms with Gasteiger partial charge in [0.15, 0.2) is 0 Å². The largest absolute Gasteiger partial charge is 0.477 e. The van der Waals surface area contributed by atoms with Crippen molar-refractivity contribution in [3.8, 4) is 5.88 Å². The van der Waals surface area contributed by atoms with Gasteiger partial charge in [0.05, 0.1) is 6.61 Å². The quantitative estimate of drug-likeness (QED) is 0.813. The van der Waals surface area contributed by atoms with Crippen LogP contribution in [0.25, 0.3) is 0 Å². The molecule has 2 aliphatic rings. The van der Waals surface area contributed by atoms with Gasteiger partial charge in [0.25, 0.3) is 0 Å². The molecule has 25 heavy (non-hydrogen) atoms. The van der Waals surface area contributed by atoms with E-state index in [1.165, 1.54) is 32.1 Å². The third kappa shape index (κ3) is 5.91. The molecule has 3 rings (SSSR count). The third-order valence-corrected chi connectivity index (χ3v) is 5.24. The van der Waals surface area contributed by atoms with E-state index < -0.39 is 0 Å². The standard InChI is InChI=1S/C20H31N3O2/c1-2-4-16-5-3-11-23(12-10-16)20(24)22-14-18-8-9-19(21-13-18)25-15-17-6-7-17/h8-9,13,16-17H,2-7,10-12,14-15H2,1H3,(H,22,24). The summed E-state index contributed by atoms with van der Waals surface area (Å²) in [4.78, 5) is 18.7. The van der Waals surface area contributed by atoms with Crippen molar-refractivity contribution in [2.24, 2.45) is 11.8 Å². The van der Waals surface area contributed by atoms with E-state index in [9.17, 15) is 4.79 Å². The summed E-state index contributed by atoms with van der Waals surface area (Å²) >= 11 is 0. The number of ether oxygens (including phenoxy) is 1. The maximum Gasteiger partial charge on any atom is 0.317 e. The predicted molar refractivity (Wildman–Crippen MR) is 98.5 cm³/mol. The Labute approximate surface area is 151 Å². The van der Waals surface area contributed by atoms with E-state index in [1.54, 1.807) is 6.20 Å². The first-order valence-electron chi connectivity index (χ1n) is 9.85. The number of carbonyl (C=O) groups excluding carboxylic acids is 1. The first-order chi connectivity index (χ1) is 12.2. The van der Waals surface area contributed by atoms with Crippen LogP contribution in [0.1, 0.15) is 57.4 Å². The number of hydrogen-bond acceptors (Lipinski definition) is 3. The minimum Gasteiger partial charge on any atom is -0.477 e. The summed E-state index contributed by atoms with van der Waals surface area (Å²) in [6, 6.07) is 3.92. The second-order valence-corrected chi connectivity index (χ2v) is 7.49. The van der Waals surface area contributed by atoms with Crippen molar-refractivity contribution >= 4 is 6.03 Å². The van der Waals surface area contributed by atoms with Crippen LogP contribution in [-0.4, -0.2) is 35.6 Å². The van der Waals surface area contributed by atoms with Gasteiger partial charge in [-0.05, 0) is 49.5 Å². The maximum absolute atomic E-state index is 12.4. The van der Waals surface area contributed by atoms with E-state index in [1.807, 2.05) is 17.0 Å². The molecule has 5 nitrogen and oxygen atoms in total. The van der Waals surface area contributed by atoms with Crippen molar-refractivity contribution in [1.82, 2.24) is 15.2 Å². The Morgan fingerprint density at radius 2 is 2.12 bits per heavy atom. The van der Waals surface area contributed by atoms with Crippen LogP contribution in [0.4, 0.5) is 4.79 Å². The van der Waals surface area contributed by atoms with Gasteiger partial charge in [-0.3, -0.25) is 0 Å². The zero-order valence-corrected chi connectivity index (χ0v) is 15.4. The number of nitrogens with zero attached hydrogens (tertiary/aromatic N) is 2. The molecule has 0 spiro atoms. The zero-order chi connectivity index (χ0) is 17.5. The first kappa shape index (κ1) is 18.0. The number of urea groups is 1. The molecule has 2 heterocycles. The van der Waals surface area contributed by atoms with E-state index >= 15 is 0 Å². The van der Waals surface area contributed by atoms with Gasteiger partial charge in [0, 0.05) is 31.9 Å². The molecule has 1 N–H and O–H groups in total. The fraction of sp³-hybridized carbons (Fsp3) is 0.700. The second kappa shape index (κ2) is 9.07. The number of likely N-dealkylation sites (tertiary alicyclic amines) is 1. The highest BCUT2D eigenvalue weighted by Gasteiger charge is 2.22. The maximum atomic E-state index is 12.4. The van der Waals surface area contributed by atoms with Crippen LogP contribution in [0.3, 0.4) is 0 Å². The van der Waals surface area contributed by atoms with Crippen molar-refractivity contribution in [2.75, 3.05) is 19.7 Å². The SMILES string of the molecule is CCCC1CCCN(C(=O)NCc2ccc(OCC3CC3)nc2)CC1. The molecule has 138 valence electrons. The van der Waals surface area contributed by atoms with Crippen LogP contribution in [0, 0.1) is 11.8 Å². The molecule has 1 aliphatic carbocycles. The summed E-state index contributed by atoms with van der Waals surface area (Å²) in [7, 11) is 0. The summed E-state index contributed by atoms with van der Waals surface area (Å²) in [5.41, 5.74) is 1.01. The number of pyridine rings is 1. The lowest BCUT2D eigenvalue weighted by Gasteiger charge is -2.21. The van der Waals surface area contributed by atoms with E-state index in [0.29, 0.717) is 12.4 Å². The molecule has 1 aromatic rings. The highest BCUT2D eigenvalue weighted by Crippen LogP contribution is 2.29. The molecule has 0 aromatic carbocycles. The van der Waals surface area contributed by atoms with Crippen molar-refractivity contribution in [3.05, 3.63) is 23.9 Å². The van der Waals surface area contributed by atoms with Crippen molar-refractivity contribution < 1.29 is 9.53 Å². The van der Waals surface area contributed by atoms with Gasteiger partial charge in [0.2, 0.25) is 5.88 Å². The van der Waals surface area contributed by atoms with E-state index in [4.69, 9.17) is 4.74 Å². The molecule has 0 radical (unpaired) electrons. The Hall–Kier alpha value is -1.78. The van der Waals surface area contributed by atoms with Crippen LogP contribution in [0.15, 0.2) is 18.3 Å². The molecule has 1 saturated carbocycles. The molecule has 2 amide bonds. The van der Waals surface area contributed by atoms with Crippen molar-refractivity contribution in [2.45, 2.75) is 58.4 Å². The van der Waals surface area contributed by atoms with Gasteiger partial charge in [0.1, 0.15) is 0 Å². The molecule has 1 saturated heterocycles. The van der Waals surface area contributed by atoms with Gasteiger partial charge in [-0.2, -0.15) is 0 Å². The smallest absolute Gasteiger partial charge is 0.317 e. The Balaban J connectivity index is 1.40. The zero-order valence-electron chi connectivity index (χ0n) is 15.4. The summed E-state index contributed by atoms with van der Waals surface area (Å²) in [6.45, 7) is 5.29. The molecule has 1 aromatic heterocycles. The molecule has 5 heteroatoms. The Kier molecular flexibility index (Phi) is 6.54. The minimum absolute atomic E-state index is 0.0474. The van der Waals surface area contributed by atoms with Crippen LogP contribution < -0.4 is 10.1 Å². The highest BCUT2D eigenvalue weighted by atomic mass is 16.5. The molecular weight excluding hydrogens is 314 g/mol. The summed E-state index contributed by atoms with van der Waals surface area (Å²) < 4.78 is 5.64. The Morgan fingerprint density at radius 1 is 1.24 bits per heavy atom. The number of aromatic nitrogens is 1. The normalized spacial score (nSPS) is 20.8. The average molecular weight is 345 g/mol. The number of hydrogen-bond donors (Lipinski definition) is 1. The van der Waals surface area contributed by atoms with Crippen molar-refractivity contribution in [3.63, 3.8) is 0 Å². The van der Waals surface area contributed by atoms with E-state index in [2.05, 4.69) is 17.2 Å². The Morgan fingerprint density at radius 3 is 2.84 bits per heavy atom. The fourth-order valence-corrected chi connectivity index (χ4v) is 3.44. The van der Waals surface area contributed by atoms with Gasteiger partial charge in [-0.1, -0.05) is 25.8 Å².